The number of hydrogen-bond donors (Lipinski definition) is 2. The molecule has 1 heterocycles. The van der Waals surface area contributed by atoms with Gasteiger partial charge >= 0.3 is 5.97 Å². The minimum atomic E-state index is -0.416. The molecule has 5 nitrogen and oxygen atoms in total. The molecule has 0 aliphatic rings. The smallest absolute Gasteiger partial charge is 0.341 e. The quantitative estimate of drug-likeness (QED) is 0.799. The molecule has 100 valence electrons. The summed E-state index contributed by atoms with van der Waals surface area (Å²) in [6, 6.07) is 0. The van der Waals surface area contributed by atoms with Gasteiger partial charge in [-0.15, -0.1) is 11.3 Å². The summed E-state index contributed by atoms with van der Waals surface area (Å²) in [5.41, 5.74) is 1.31. The lowest BCUT2D eigenvalue weighted by atomic mass is 10.1. The lowest BCUT2D eigenvalue weighted by Gasteiger charge is -2.05. The second-order valence-electron chi connectivity index (χ2n) is 3.88. The van der Waals surface area contributed by atoms with Gasteiger partial charge in [0.25, 0.3) is 0 Å². The van der Waals surface area contributed by atoms with E-state index in [0.29, 0.717) is 23.5 Å². The van der Waals surface area contributed by atoms with Crippen LogP contribution in [0.4, 0.5) is 5.00 Å². The van der Waals surface area contributed by atoms with Crippen LogP contribution in [-0.4, -0.2) is 32.6 Å². The first kappa shape index (κ1) is 14.7. The summed E-state index contributed by atoms with van der Waals surface area (Å²) in [6.07, 6.45) is 0.368. The van der Waals surface area contributed by atoms with Crippen molar-refractivity contribution >= 4 is 28.2 Å². The lowest BCUT2D eigenvalue weighted by Crippen LogP contribution is -2.19. The van der Waals surface area contributed by atoms with E-state index in [-0.39, 0.29) is 5.91 Å². The van der Waals surface area contributed by atoms with Crippen molar-refractivity contribution in [2.75, 3.05) is 26.0 Å². The number of nitrogens with one attached hydrogen (secondary N) is 2. The number of carbonyl (C=O) groups is 2. The second-order valence-corrected chi connectivity index (χ2v) is 5.11. The zero-order valence-electron chi connectivity index (χ0n) is 11.0. The number of amides is 1. The van der Waals surface area contributed by atoms with Gasteiger partial charge in [-0.05, 0) is 26.5 Å². The summed E-state index contributed by atoms with van der Waals surface area (Å²) in [5, 5.41) is 6.23. The Morgan fingerprint density at radius 2 is 2.00 bits per heavy atom. The van der Waals surface area contributed by atoms with E-state index in [1.807, 2.05) is 13.8 Å². The van der Waals surface area contributed by atoms with Gasteiger partial charge in [-0.25, -0.2) is 4.79 Å². The van der Waals surface area contributed by atoms with Gasteiger partial charge in [0.15, 0.2) is 0 Å². The molecule has 0 fully saturated rings. The van der Waals surface area contributed by atoms with Crippen LogP contribution >= 0.6 is 11.3 Å². The maximum absolute atomic E-state index is 11.7. The summed E-state index contributed by atoms with van der Waals surface area (Å²) in [7, 11) is 3.12. The van der Waals surface area contributed by atoms with Gasteiger partial charge in [-0.1, -0.05) is 0 Å². The zero-order valence-corrected chi connectivity index (χ0v) is 11.9. The molecule has 0 bridgehead atoms. The Bertz CT molecular complexity index is 454. The van der Waals surface area contributed by atoms with Crippen LogP contribution in [-0.2, 0) is 9.53 Å². The fraction of sp³-hybridized carbons (Fsp3) is 0.500. The first-order valence-electron chi connectivity index (χ1n) is 5.64. The topological polar surface area (TPSA) is 67.4 Å². The molecule has 0 aromatic carbocycles. The number of anilines is 1. The van der Waals surface area contributed by atoms with Gasteiger partial charge < -0.3 is 15.4 Å². The second kappa shape index (κ2) is 6.51. The van der Waals surface area contributed by atoms with Crippen molar-refractivity contribution in [1.29, 1.82) is 0 Å². The maximum atomic E-state index is 11.7. The van der Waals surface area contributed by atoms with Crippen LogP contribution in [0.15, 0.2) is 0 Å². The van der Waals surface area contributed by atoms with E-state index < -0.39 is 5.97 Å². The third-order valence-corrected chi connectivity index (χ3v) is 3.75. The van der Waals surface area contributed by atoms with Crippen molar-refractivity contribution in [1.82, 2.24) is 5.32 Å². The van der Waals surface area contributed by atoms with Crippen LogP contribution < -0.4 is 10.6 Å². The Morgan fingerprint density at radius 3 is 2.56 bits per heavy atom. The zero-order chi connectivity index (χ0) is 13.7. The highest BCUT2D eigenvalue weighted by Gasteiger charge is 2.21. The van der Waals surface area contributed by atoms with Gasteiger partial charge in [0.1, 0.15) is 5.00 Å². The van der Waals surface area contributed by atoms with Gasteiger partial charge in [0.2, 0.25) is 5.91 Å². The molecule has 0 unspecified atom stereocenters. The highest BCUT2D eigenvalue weighted by molar-refractivity contribution is 7.16. The molecule has 0 spiro atoms. The monoisotopic (exact) mass is 270 g/mol. The predicted molar refractivity (Wildman–Crippen MR) is 72.3 cm³/mol. The first-order chi connectivity index (χ1) is 8.51. The van der Waals surface area contributed by atoms with Crippen LogP contribution in [0.2, 0.25) is 0 Å². The summed E-state index contributed by atoms with van der Waals surface area (Å²) in [5.74, 6) is -0.531. The Hall–Kier alpha value is -1.40. The summed E-state index contributed by atoms with van der Waals surface area (Å²) < 4.78 is 4.74. The first-order valence-corrected chi connectivity index (χ1v) is 6.45. The van der Waals surface area contributed by atoms with Gasteiger partial charge in [0.05, 0.1) is 12.7 Å². The molecule has 0 saturated carbocycles. The molecule has 0 aliphatic heterocycles. The van der Waals surface area contributed by atoms with Crippen molar-refractivity contribution in [2.24, 2.45) is 0 Å². The Kier molecular flexibility index (Phi) is 5.30. The van der Waals surface area contributed by atoms with Crippen LogP contribution in [0.25, 0.3) is 0 Å². The molecule has 2 N–H and O–H groups in total. The number of ether oxygens (including phenoxy) is 1. The maximum Gasteiger partial charge on any atom is 0.341 e. The average molecular weight is 270 g/mol. The van der Waals surface area contributed by atoms with Crippen molar-refractivity contribution in [3.63, 3.8) is 0 Å². The summed E-state index contributed by atoms with van der Waals surface area (Å²) in [6.45, 7) is 4.36. The number of aryl methyl sites for hydroxylation is 1. The fourth-order valence-corrected chi connectivity index (χ4v) is 2.56. The Balaban J connectivity index is 2.91. The molecule has 1 aromatic heterocycles. The van der Waals surface area contributed by atoms with E-state index >= 15 is 0 Å². The fourth-order valence-electron chi connectivity index (χ4n) is 1.49. The van der Waals surface area contributed by atoms with Crippen molar-refractivity contribution in [3.05, 3.63) is 16.0 Å². The van der Waals surface area contributed by atoms with E-state index in [1.54, 1.807) is 7.05 Å². The minimum Gasteiger partial charge on any atom is -0.465 e. The Labute approximate surface area is 111 Å². The number of thiophene rings is 1. The number of esters is 1. The molecule has 1 aromatic rings. The number of methoxy groups -OCH3 is 1. The van der Waals surface area contributed by atoms with Crippen molar-refractivity contribution in [3.8, 4) is 0 Å². The normalized spacial score (nSPS) is 10.2. The van der Waals surface area contributed by atoms with E-state index in [2.05, 4.69) is 10.6 Å². The minimum absolute atomic E-state index is 0.115. The van der Waals surface area contributed by atoms with E-state index in [0.717, 1.165) is 10.4 Å². The van der Waals surface area contributed by atoms with E-state index in [1.165, 1.54) is 18.4 Å². The largest absolute Gasteiger partial charge is 0.465 e. The number of rotatable bonds is 5. The summed E-state index contributed by atoms with van der Waals surface area (Å²) in [4.78, 5) is 24.3. The van der Waals surface area contributed by atoms with Crippen LogP contribution in [0, 0.1) is 13.8 Å². The Morgan fingerprint density at radius 1 is 1.33 bits per heavy atom. The molecule has 0 radical (unpaired) electrons. The number of hydrogen-bond acceptors (Lipinski definition) is 5. The molecule has 0 atom stereocenters. The van der Waals surface area contributed by atoms with E-state index in [9.17, 15) is 9.59 Å². The van der Waals surface area contributed by atoms with Gasteiger partial charge in [-0.3, -0.25) is 4.79 Å². The standard InChI is InChI=1S/C12H18N2O3S/c1-7-8(2)18-11(10(7)12(16)17-4)14-9(15)5-6-13-3/h13H,5-6H2,1-4H3,(H,14,15). The van der Waals surface area contributed by atoms with Gasteiger partial charge in [-0.2, -0.15) is 0 Å². The van der Waals surface area contributed by atoms with Crippen LogP contribution in [0.5, 0.6) is 0 Å². The van der Waals surface area contributed by atoms with Gasteiger partial charge in [0, 0.05) is 17.8 Å². The number of carbonyl (C=O) groups excluding carboxylic acids is 2. The average Bonchev–Trinajstić information content (AvgIpc) is 2.61. The molecule has 0 saturated heterocycles. The molecular formula is C12H18N2O3S. The third kappa shape index (κ3) is 3.30. The summed E-state index contributed by atoms with van der Waals surface area (Å²) >= 11 is 1.39. The lowest BCUT2D eigenvalue weighted by molar-refractivity contribution is -0.116. The molecule has 1 amide bonds. The highest BCUT2D eigenvalue weighted by Crippen LogP contribution is 2.32. The predicted octanol–water partition coefficient (Wildman–Crippen LogP) is 1.70. The molecule has 0 aliphatic carbocycles. The van der Waals surface area contributed by atoms with Crippen molar-refractivity contribution in [2.45, 2.75) is 20.3 Å². The van der Waals surface area contributed by atoms with Crippen molar-refractivity contribution < 1.29 is 14.3 Å². The molecule has 18 heavy (non-hydrogen) atoms. The molecule has 1 rings (SSSR count). The van der Waals surface area contributed by atoms with Crippen LogP contribution in [0.1, 0.15) is 27.2 Å². The third-order valence-electron chi connectivity index (χ3n) is 2.63. The molecule has 6 heteroatoms. The SMILES string of the molecule is CNCCC(=O)Nc1sc(C)c(C)c1C(=O)OC. The highest BCUT2D eigenvalue weighted by atomic mass is 32.1. The van der Waals surface area contributed by atoms with Crippen LogP contribution in [0.3, 0.4) is 0 Å². The van der Waals surface area contributed by atoms with E-state index in [4.69, 9.17) is 4.74 Å². The molecular weight excluding hydrogens is 252 g/mol.